The predicted molar refractivity (Wildman–Crippen MR) is 65.1 cm³/mol. The number of nitrogens with two attached hydrogens (primary N) is 1. The molecule has 0 fully saturated rings. The fourth-order valence-electron chi connectivity index (χ4n) is 1.67. The van der Waals surface area contributed by atoms with E-state index in [1.807, 2.05) is 24.3 Å². The number of benzene rings is 1. The number of hydrogen-bond donors (Lipinski definition) is 1. The molecular formula is C13H21NO. The van der Waals surface area contributed by atoms with E-state index in [9.17, 15) is 0 Å². The average molecular weight is 207 g/mol. The molecule has 0 spiro atoms. The summed E-state index contributed by atoms with van der Waals surface area (Å²) in [4.78, 5) is 0. The average Bonchev–Trinajstić information content (AvgIpc) is 2.22. The van der Waals surface area contributed by atoms with Crippen LogP contribution in [0.2, 0.25) is 0 Å². The number of anilines is 1. The molecule has 1 aromatic rings. The van der Waals surface area contributed by atoms with Crippen LogP contribution in [0.25, 0.3) is 0 Å². The highest BCUT2D eigenvalue weighted by Crippen LogP contribution is 2.23. The van der Waals surface area contributed by atoms with Gasteiger partial charge in [0.05, 0.1) is 11.8 Å². The van der Waals surface area contributed by atoms with Crippen LogP contribution < -0.4 is 10.5 Å². The van der Waals surface area contributed by atoms with Crippen LogP contribution in [0, 0.1) is 0 Å². The maximum Gasteiger partial charge on any atom is 0.142 e. The Hall–Kier alpha value is -1.18. The lowest BCUT2D eigenvalue weighted by Crippen LogP contribution is -2.16. The van der Waals surface area contributed by atoms with E-state index in [0.29, 0.717) is 6.10 Å². The highest BCUT2D eigenvalue weighted by molar-refractivity contribution is 5.51. The normalized spacial score (nSPS) is 10.6. The van der Waals surface area contributed by atoms with Crippen molar-refractivity contribution in [2.24, 2.45) is 0 Å². The second kappa shape index (κ2) is 6.33. The molecule has 0 unspecified atom stereocenters. The Balaban J connectivity index is 2.60. The van der Waals surface area contributed by atoms with Crippen LogP contribution in [0.15, 0.2) is 24.3 Å². The molecule has 2 N–H and O–H groups in total. The van der Waals surface area contributed by atoms with Crippen molar-refractivity contribution < 1.29 is 4.74 Å². The number of ether oxygens (including phenoxy) is 1. The lowest BCUT2D eigenvalue weighted by Gasteiger charge is -2.18. The van der Waals surface area contributed by atoms with E-state index in [2.05, 4.69) is 13.8 Å². The van der Waals surface area contributed by atoms with Gasteiger partial charge in [-0.1, -0.05) is 38.8 Å². The third-order valence-corrected chi connectivity index (χ3v) is 2.43. The summed E-state index contributed by atoms with van der Waals surface area (Å²) >= 11 is 0. The maximum atomic E-state index is 5.90. The molecule has 15 heavy (non-hydrogen) atoms. The van der Waals surface area contributed by atoms with Crippen LogP contribution in [0.1, 0.15) is 39.5 Å². The largest absolute Gasteiger partial charge is 0.488 e. The molecule has 84 valence electrons. The van der Waals surface area contributed by atoms with Crippen molar-refractivity contribution in [3.05, 3.63) is 24.3 Å². The van der Waals surface area contributed by atoms with Gasteiger partial charge in [-0.15, -0.1) is 0 Å². The molecule has 0 bridgehead atoms. The monoisotopic (exact) mass is 207 g/mol. The summed E-state index contributed by atoms with van der Waals surface area (Å²) in [6, 6.07) is 7.70. The first-order valence-corrected chi connectivity index (χ1v) is 5.79. The molecule has 0 radical (unpaired) electrons. The van der Waals surface area contributed by atoms with E-state index in [1.54, 1.807) is 0 Å². The van der Waals surface area contributed by atoms with Gasteiger partial charge in [0.1, 0.15) is 5.75 Å². The summed E-state index contributed by atoms with van der Waals surface area (Å²) in [5.41, 5.74) is 6.57. The standard InChI is InChI=1S/C13H21NO/c1-3-7-11(8-4-2)15-13-10-6-5-9-12(13)14/h5-6,9-11H,3-4,7-8,14H2,1-2H3. The van der Waals surface area contributed by atoms with Gasteiger partial charge in [-0.25, -0.2) is 0 Å². The third-order valence-electron chi connectivity index (χ3n) is 2.43. The summed E-state index contributed by atoms with van der Waals surface area (Å²) in [7, 11) is 0. The lowest BCUT2D eigenvalue weighted by molar-refractivity contribution is 0.180. The fraction of sp³-hybridized carbons (Fsp3) is 0.538. The van der Waals surface area contributed by atoms with E-state index < -0.39 is 0 Å². The van der Waals surface area contributed by atoms with E-state index in [4.69, 9.17) is 10.5 Å². The molecule has 0 heterocycles. The first kappa shape index (κ1) is 11.9. The molecule has 0 aliphatic carbocycles. The van der Waals surface area contributed by atoms with Crippen molar-refractivity contribution in [3.63, 3.8) is 0 Å². The van der Waals surface area contributed by atoms with Crippen molar-refractivity contribution in [2.75, 3.05) is 5.73 Å². The zero-order chi connectivity index (χ0) is 11.1. The predicted octanol–water partition coefficient (Wildman–Crippen LogP) is 3.62. The molecule has 1 rings (SSSR count). The number of nitrogen functional groups attached to an aromatic ring is 1. The topological polar surface area (TPSA) is 35.2 Å². The summed E-state index contributed by atoms with van der Waals surface area (Å²) < 4.78 is 5.90. The van der Waals surface area contributed by atoms with Crippen molar-refractivity contribution in [3.8, 4) is 5.75 Å². The highest BCUT2D eigenvalue weighted by Gasteiger charge is 2.09. The first-order valence-electron chi connectivity index (χ1n) is 5.79. The fourth-order valence-corrected chi connectivity index (χ4v) is 1.67. The van der Waals surface area contributed by atoms with Gasteiger partial charge in [0.2, 0.25) is 0 Å². The van der Waals surface area contributed by atoms with Gasteiger partial charge in [-0.05, 0) is 25.0 Å². The van der Waals surface area contributed by atoms with Crippen molar-refractivity contribution in [1.29, 1.82) is 0 Å². The molecule has 0 saturated heterocycles. The zero-order valence-corrected chi connectivity index (χ0v) is 9.70. The SMILES string of the molecule is CCCC(CCC)Oc1ccccc1N. The first-order chi connectivity index (χ1) is 7.27. The minimum Gasteiger partial charge on any atom is -0.488 e. The molecule has 2 nitrogen and oxygen atoms in total. The van der Waals surface area contributed by atoms with Gasteiger partial charge in [0, 0.05) is 0 Å². The summed E-state index contributed by atoms with van der Waals surface area (Å²) in [5, 5.41) is 0. The van der Waals surface area contributed by atoms with Crippen LogP contribution in [0.3, 0.4) is 0 Å². The minimum absolute atomic E-state index is 0.310. The molecule has 0 aliphatic rings. The summed E-state index contributed by atoms with van der Waals surface area (Å²) in [6.07, 6.45) is 4.81. The van der Waals surface area contributed by atoms with Crippen molar-refractivity contribution >= 4 is 5.69 Å². The van der Waals surface area contributed by atoms with Gasteiger partial charge in [-0.3, -0.25) is 0 Å². The molecule has 0 aromatic heterocycles. The van der Waals surface area contributed by atoms with Gasteiger partial charge >= 0.3 is 0 Å². The summed E-state index contributed by atoms with van der Waals surface area (Å²) in [6.45, 7) is 4.36. The van der Waals surface area contributed by atoms with Crippen LogP contribution in [-0.2, 0) is 0 Å². The Kier molecular flexibility index (Phi) is 5.02. The molecule has 0 atom stereocenters. The Labute approximate surface area is 92.4 Å². The Morgan fingerprint density at radius 3 is 2.27 bits per heavy atom. The van der Waals surface area contributed by atoms with E-state index in [1.165, 1.54) is 0 Å². The summed E-state index contributed by atoms with van der Waals surface area (Å²) in [5.74, 6) is 0.824. The molecular weight excluding hydrogens is 186 g/mol. The smallest absolute Gasteiger partial charge is 0.142 e. The van der Waals surface area contributed by atoms with Gasteiger partial charge < -0.3 is 10.5 Å². The molecule has 0 aliphatic heterocycles. The van der Waals surface area contributed by atoms with Crippen LogP contribution in [0.5, 0.6) is 5.75 Å². The van der Waals surface area contributed by atoms with E-state index in [-0.39, 0.29) is 0 Å². The van der Waals surface area contributed by atoms with Crippen molar-refractivity contribution in [2.45, 2.75) is 45.6 Å². The number of para-hydroxylation sites is 2. The van der Waals surface area contributed by atoms with Gasteiger partial charge in [-0.2, -0.15) is 0 Å². The van der Waals surface area contributed by atoms with E-state index >= 15 is 0 Å². The zero-order valence-electron chi connectivity index (χ0n) is 9.70. The molecule has 1 aromatic carbocycles. The van der Waals surface area contributed by atoms with Crippen LogP contribution in [0.4, 0.5) is 5.69 Å². The van der Waals surface area contributed by atoms with Crippen LogP contribution in [-0.4, -0.2) is 6.10 Å². The Morgan fingerprint density at radius 2 is 1.73 bits per heavy atom. The molecule has 0 amide bonds. The lowest BCUT2D eigenvalue weighted by atomic mass is 10.1. The maximum absolute atomic E-state index is 5.90. The third kappa shape index (κ3) is 3.82. The Morgan fingerprint density at radius 1 is 1.13 bits per heavy atom. The minimum atomic E-state index is 0.310. The quantitative estimate of drug-likeness (QED) is 0.723. The van der Waals surface area contributed by atoms with Crippen molar-refractivity contribution in [1.82, 2.24) is 0 Å². The second-order valence-corrected chi connectivity index (χ2v) is 3.86. The Bertz CT molecular complexity index is 280. The number of rotatable bonds is 6. The van der Waals surface area contributed by atoms with Gasteiger partial charge in [0.15, 0.2) is 0 Å². The molecule has 0 saturated carbocycles. The number of hydrogen-bond acceptors (Lipinski definition) is 2. The van der Waals surface area contributed by atoms with Gasteiger partial charge in [0.25, 0.3) is 0 Å². The van der Waals surface area contributed by atoms with Crippen LogP contribution >= 0.6 is 0 Å². The second-order valence-electron chi connectivity index (χ2n) is 3.86. The highest BCUT2D eigenvalue weighted by atomic mass is 16.5. The van der Waals surface area contributed by atoms with E-state index in [0.717, 1.165) is 37.1 Å². The molecule has 2 heteroatoms.